The highest BCUT2D eigenvalue weighted by Crippen LogP contribution is 2.11. The maximum Gasteiger partial charge on any atom is 0.330 e. The summed E-state index contributed by atoms with van der Waals surface area (Å²) in [7, 11) is 1.30. The number of carbonyl (C=O) groups excluding carboxylic acids is 2. The van der Waals surface area contributed by atoms with Gasteiger partial charge in [-0.1, -0.05) is 29.8 Å². The topological polar surface area (TPSA) is 55.4 Å². The normalized spacial score (nSPS) is 10.4. The van der Waals surface area contributed by atoms with Crippen LogP contribution in [0.15, 0.2) is 36.4 Å². The summed E-state index contributed by atoms with van der Waals surface area (Å²) in [6, 6.07) is 7.42. The molecule has 0 heterocycles. The molecular formula is C14H16ClNO3. The number of rotatable bonds is 6. The molecule has 0 saturated heterocycles. The fraction of sp³-hybridized carbons (Fsp3) is 0.286. The van der Waals surface area contributed by atoms with Gasteiger partial charge in [0.25, 0.3) is 0 Å². The van der Waals surface area contributed by atoms with E-state index in [1.54, 1.807) is 12.1 Å². The minimum absolute atomic E-state index is 0.0745. The summed E-state index contributed by atoms with van der Waals surface area (Å²) in [5, 5.41) is 3.35. The third-order valence-corrected chi connectivity index (χ3v) is 2.64. The van der Waals surface area contributed by atoms with E-state index < -0.39 is 5.97 Å². The highest BCUT2D eigenvalue weighted by molar-refractivity contribution is 6.30. The van der Waals surface area contributed by atoms with Gasteiger partial charge in [-0.25, -0.2) is 4.79 Å². The minimum atomic E-state index is -0.437. The fourth-order valence-electron chi connectivity index (χ4n) is 1.43. The van der Waals surface area contributed by atoms with Gasteiger partial charge >= 0.3 is 5.97 Å². The van der Waals surface area contributed by atoms with Crippen LogP contribution in [0.4, 0.5) is 0 Å². The molecule has 0 fully saturated rings. The molecule has 0 aliphatic carbocycles. The van der Waals surface area contributed by atoms with Gasteiger partial charge in [0.05, 0.1) is 7.11 Å². The molecule has 1 amide bonds. The van der Waals surface area contributed by atoms with E-state index in [1.165, 1.54) is 13.2 Å². The summed E-state index contributed by atoms with van der Waals surface area (Å²) >= 11 is 5.85. The number of ether oxygens (including phenoxy) is 1. The van der Waals surface area contributed by atoms with Gasteiger partial charge in [0.15, 0.2) is 0 Å². The molecule has 0 aliphatic heterocycles. The van der Waals surface area contributed by atoms with Crippen molar-refractivity contribution in [3.05, 3.63) is 47.0 Å². The molecule has 0 radical (unpaired) electrons. The number of carbonyl (C=O) groups is 2. The quantitative estimate of drug-likeness (QED) is 0.642. The van der Waals surface area contributed by atoms with Crippen molar-refractivity contribution in [1.29, 1.82) is 0 Å². The molecule has 0 unspecified atom stereocenters. The van der Waals surface area contributed by atoms with E-state index >= 15 is 0 Å². The molecule has 1 N–H and O–H groups in total. The van der Waals surface area contributed by atoms with E-state index in [-0.39, 0.29) is 5.91 Å². The van der Waals surface area contributed by atoms with Crippen molar-refractivity contribution in [3.63, 3.8) is 0 Å². The van der Waals surface area contributed by atoms with Crippen molar-refractivity contribution in [2.24, 2.45) is 0 Å². The average molecular weight is 282 g/mol. The molecule has 0 bridgehead atoms. The Hall–Kier alpha value is -1.81. The van der Waals surface area contributed by atoms with Gasteiger partial charge in [0.1, 0.15) is 0 Å². The smallest absolute Gasteiger partial charge is 0.330 e. The van der Waals surface area contributed by atoms with Crippen LogP contribution in [0.3, 0.4) is 0 Å². The van der Waals surface area contributed by atoms with Gasteiger partial charge in [-0.3, -0.25) is 4.79 Å². The summed E-state index contributed by atoms with van der Waals surface area (Å²) in [5.41, 5.74) is 1.02. The molecule has 102 valence electrons. The average Bonchev–Trinajstić information content (AvgIpc) is 2.41. The standard InChI is InChI=1S/C14H16ClNO3/c1-19-14(18)6-3-9-16-13(17)8-7-11-4-2-5-12(15)10-11/h2-6,10H,7-9H2,1H3,(H,16,17)/b6-3+. The van der Waals surface area contributed by atoms with Gasteiger partial charge in [-0.2, -0.15) is 0 Å². The number of methoxy groups -OCH3 is 1. The number of hydrogen-bond donors (Lipinski definition) is 1. The van der Waals surface area contributed by atoms with E-state index in [1.807, 2.05) is 18.2 Å². The Morgan fingerprint density at radius 1 is 1.42 bits per heavy atom. The van der Waals surface area contributed by atoms with Gasteiger partial charge < -0.3 is 10.1 Å². The Kier molecular flexibility index (Phi) is 6.68. The molecule has 1 rings (SSSR count). The monoisotopic (exact) mass is 281 g/mol. The first-order valence-electron chi connectivity index (χ1n) is 5.87. The molecule has 19 heavy (non-hydrogen) atoms. The van der Waals surface area contributed by atoms with Crippen LogP contribution >= 0.6 is 11.6 Å². The molecule has 0 saturated carbocycles. The number of amides is 1. The number of benzene rings is 1. The number of aryl methyl sites for hydroxylation is 1. The van der Waals surface area contributed by atoms with Crippen LogP contribution in [0, 0.1) is 0 Å². The van der Waals surface area contributed by atoms with E-state index in [2.05, 4.69) is 10.1 Å². The Labute approximate surface area is 117 Å². The van der Waals surface area contributed by atoms with Crippen LogP contribution in [0.1, 0.15) is 12.0 Å². The lowest BCUT2D eigenvalue weighted by molar-refractivity contribution is -0.134. The second kappa shape index (κ2) is 8.32. The number of halogens is 1. The summed E-state index contributed by atoms with van der Waals surface area (Å²) in [6.07, 6.45) is 3.83. The van der Waals surface area contributed by atoms with Crippen LogP contribution in [0.2, 0.25) is 5.02 Å². The van der Waals surface area contributed by atoms with Gasteiger partial charge in [0, 0.05) is 24.1 Å². The molecular weight excluding hydrogens is 266 g/mol. The first-order valence-corrected chi connectivity index (χ1v) is 6.25. The van der Waals surface area contributed by atoms with Crippen molar-refractivity contribution < 1.29 is 14.3 Å². The van der Waals surface area contributed by atoms with E-state index in [0.29, 0.717) is 24.4 Å². The maximum atomic E-state index is 11.5. The van der Waals surface area contributed by atoms with Crippen molar-refractivity contribution in [2.45, 2.75) is 12.8 Å². The highest BCUT2D eigenvalue weighted by Gasteiger charge is 2.01. The van der Waals surface area contributed by atoms with Crippen LogP contribution < -0.4 is 5.32 Å². The molecule has 0 spiro atoms. The zero-order valence-electron chi connectivity index (χ0n) is 10.7. The third-order valence-electron chi connectivity index (χ3n) is 2.40. The molecule has 1 aromatic rings. The number of esters is 1. The van der Waals surface area contributed by atoms with Crippen molar-refractivity contribution >= 4 is 23.5 Å². The molecule has 0 atom stereocenters. The fourth-order valence-corrected chi connectivity index (χ4v) is 1.65. The first-order chi connectivity index (χ1) is 9.11. The molecule has 0 aliphatic rings. The Balaban J connectivity index is 2.25. The zero-order valence-corrected chi connectivity index (χ0v) is 11.4. The van der Waals surface area contributed by atoms with Gasteiger partial charge in [-0.15, -0.1) is 0 Å². The molecule has 4 nitrogen and oxygen atoms in total. The predicted octanol–water partition coefficient (Wildman–Crippen LogP) is 2.12. The minimum Gasteiger partial charge on any atom is -0.466 e. The highest BCUT2D eigenvalue weighted by atomic mass is 35.5. The van der Waals surface area contributed by atoms with Crippen molar-refractivity contribution in [3.8, 4) is 0 Å². The van der Waals surface area contributed by atoms with E-state index in [4.69, 9.17) is 11.6 Å². The third kappa shape index (κ3) is 6.62. The lowest BCUT2D eigenvalue weighted by atomic mass is 10.1. The Morgan fingerprint density at radius 3 is 2.89 bits per heavy atom. The Morgan fingerprint density at radius 2 is 2.21 bits per heavy atom. The van der Waals surface area contributed by atoms with Crippen molar-refractivity contribution in [1.82, 2.24) is 5.32 Å². The Bertz CT molecular complexity index is 472. The molecule has 5 heteroatoms. The van der Waals surface area contributed by atoms with E-state index in [0.717, 1.165) is 5.56 Å². The van der Waals surface area contributed by atoms with Crippen LogP contribution in [0.5, 0.6) is 0 Å². The largest absolute Gasteiger partial charge is 0.466 e. The van der Waals surface area contributed by atoms with Gasteiger partial charge in [0.2, 0.25) is 5.91 Å². The summed E-state index contributed by atoms with van der Waals surface area (Å²) in [4.78, 5) is 22.3. The number of hydrogen-bond acceptors (Lipinski definition) is 3. The summed E-state index contributed by atoms with van der Waals surface area (Å²) in [6.45, 7) is 0.309. The van der Waals surface area contributed by atoms with Crippen molar-refractivity contribution in [2.75, 3.05) is 13.7 Å². The van der Waals surface area contributed by atoms with Crippen LogP contribution in [0.25, 0.3) is 0 Å². The SMILES string of the molecule is COC(=O)/C=C/CNC(=O)CCc1cccc(Cl)c1. The molecule has 1 aromatic carbocycles. The summed E-state index contributed by atoms with van der Waals surface area (Å²) < 4.78 is 4.42. The lowest BCUT2D eigenvalue weighted by Crippen LogP contribution is -2.23. The number of nitrogens with one attached hydrogen (secondary N) is 1. The van der Waals surface area contributed by atoms with Crippen LogP contribution in [-0.4, -0.2) is 25.5 Å². The van der Waals surface area contributed by atoms with Gasteiger partial charge in [-0.05, 0) is 24.1 Å². The molecule has 0 aromatic heterocycles. The second-order valence-electron chi connectivity index (χ2n) is 3.86. The second-order valence-corrected chi connectivity index (χ2v) is 4.30. The van der Waals surface area contributed by atoms with E-state index in [9.17, 15) is 9.59 Å². The zero-order chi connectivity index (χ0) is 14.1. The summed E-state index contributed by atoms with van der Waals surface area (Å²) in [5.74, 6) is -0.511. The predicted molar refractivity (Wildman–Crippen MR) is 73.9 cm³/mol. The lowest BCUT2D eigenvalue weighted by Gasteiger charge is -2.03. The maximum absolute atomic E-state index is 11.5. The first kappa shape index (κ1) is 15.2. The van der Waals surface area contributed by atoms with Crippen LogP contribution in [-0.2, 0) is 20.7 Å².